The molecule has 1 fully saturated rings. The van der Waals surface area contributed by atoms with Crippen LogP contribution < -0.4 is 0 Å². The van der Waals surface area contributed by atoms with E-state index in [2.05, 4.69) is 16.9 Å². The van der Waals surface area contributed by atoms with Gasteiger partial charge < -0.3 is 0 Å². The van der Waals surface area contributed by atoms with Gasteiger partial charge in [0.1, 0.15) is 0 Å². The molecule has 0 bridgehead atoms. The molecule has 19 heavy (non-hydrogen) atoms. The zero-order valence-corrected chi connectivity index (χ0v) is 11.2. The normalized spacial score (nSPS) is 23.4. The highest BCUT2D eigenvalue weighted by Gasteiger charge is 2.26. The second-order valence-corrected chi connectivity index (χ2v) is 5.55. The van der Waals surface area contributed by atoms with Gasteiger partial charge in [-0.1, -0.05) is 25.8 Å². The van der Waals surface area contributed by atoms with Crippen LogP contribution in [0.4, 0.5) is 0 Å². The van der Waals surface area contributed by atoms with E-state index in [4.69, 9.17) is 0 Å². The summed E-state index contributed by atoms with van der Waals surface area (Å²) < 4.78 is 0. The number of hydrogen-bond donors (Lipinski definition) is 0. The van der Waals surface area contributed by atoms with Gasteiger partial charge in [0.2, 0.25) is 0 Å². The molecule has 0 amide bonds. The van der Waals surface area contributed by atoms with Crippen LogP contribution >= 0.6 is 0 Å². The molecule has 98 valence electrons. The lowest BCUT2D eigenvalue weighted by Crippen LogP contribution is -2.21. The predicted octanol–water partition coefficient (Wildman–Crippen LogP) is 3.64. The van der Waals surface area contributed by atoms with Gasteiger partial charge in [-0.3, -0.25) is 14.8 Å². The standard InChI is InChI=1S/C16H18N2O/c1-11-5-7-12(8-6-11)16(19)13-3-2-4-14-15(13)18-10-9-17-14/h2-4,9-12H,5-8H2,1H3. The Morgan fingerprint density at radius 3 is 2.63 bits per heavy atom. The van der Waals surface area contributed by atoms with Crippen molar-refractivity contribution in [3.63, 3.8) is 0 Å². The van der Waals surface area contributed by atoms with Gasteiger partial charge in [0, 0.05) is 23.9 Å². The van der Waals surface area contributed by atoms with Gasteiger partial charge in [0.15, 0.2) is 5.78 Å². The molecule has 1 heterocycles. The zero-order chi connectivity index (χ0) is 13.2. The predicted molar refractivity (Wildman–Crippen MR) is 75.0 cm³/mol. The van der Waals surface area contributed by atoms with Crippen molar-refractivity contribution in [2.45, 2.75) is 32.6 Å². The van der Waals surface area contributed by atoms with E-state index in [0.29, 0.717) is 0 Å². The summed E-state index contributed by atoms with van der Waals surface area (Å²) in [4.78, 5) is 21.2. The van der Waals surface area contributed by atoms with Crippen LogP contribution in [0.5, 0.6) is 0 Å². The molecule has 0 aliphatic heterocycles. The number of benzene rings is 1. The molecule has 1 aromatic heterocycles. The van der Waals surface area contributed by atoms with Crippen LogP contribution in [-0.2, 0) is 0 Å². The third-order valence-electron chi connectivity index (χ3n) is 4.15. The summed E-state index contributed by atoms with van der Waals surface area (Å²) in [6.07, 6.45) is 7.66. The lowest BCUT2D eigenvalue weighted by Gasteiger charge is -2.25. The molecule has 2 aromatic rings. The molecule has 0 spiro atoms. The van der Waals surface area contributed by atoms with Crippen molar-refractivity contribution in [3.8, 4) is 0 Å². The summed E-state index contributed by atoms with van der Waals surface area (Å²) in [5.41, 5.74) is 2.29. The first-order chi connectivity index (χ1) is 9.25. The third-order valence-corrected chi connectivity index (χ3v) is 4.15. The number of rotatable bonds is 2. The van der Waals surface area contributed by atoms with Crippen LogP contribution in [0, 0.1) is 11.8 Å². The van der Waals surface area contributed by atoms with E-state index in [1.165, 1.54) is 0 Å². The van der Waals surface area contributed by atoms with Gasteiger partial charge in [-0.25, -0.2) is 0 Å². The van der Waals surface area contributed by atoms with Crippen molar-refractivity contribution in [1.29, 1.82) is 0 Å². The number of fused-ring (bicyclic) bond motifs is 1. The highest BCUT2D eigenvalue weighted by molar-refractivity contribution is 6.07. The molecule has 1 saturated carbocycles. The summed E-state index contributed by atoms with van der Waals surface area (Å²) in [7, 11) is 0. The number of carbonyl (C=O) groups excluding carboxylic acids is 1. The van der Waals surface area contributed by atoms with Gasteiger partial charge in [0.05, 0.1) is 11.0 Å². The first-order valence-corrected chi connectivity index (χ1v) is 6.99. The van der Waals surface area contributed by atoms with E-state index in [-0.39, 0.29) is 11.7 Å². The molecule has 0 atom stereocenters. The highest BCUT2D eigenvalue weighted by Crippen LogP contribution is 2.31. The Morgan fingerprint density at radius 1 is 1.11 bits per heavy atom. The number of hydrogen-bond acceptors (Lipinski definition) is 3. The summed E-state index contributed by atoms with van der Waals surface area (Å²) >= 11 is 0. The topological polar surface area (TPSA) is 42.9 Å². The minimum atomic E-state index is 0.170. The van der Waals surface area contributed by atoms with Crippen molar-refractivity contribution >= 4 is 16.8 Å². The number of nitrogens with zero attached hydrogens (tertiary/aromatic N) is 2. The Balaban J connectivity index is 1.93. The Morgan fingerprint density at radius 2 is 1.84 bits per heavy atom. The SMILES string of the molecule is CC1CCC(C(=O)c2cccc3nccnc23)CC1. The fourth-order valence-electron chi connectivity index (χ4n) is 2.93. The quantitative estimate of drug-likeness (QED) is 0.768. The van der Waals surface area contributed by atoms with Crippen molar-refractivity contribution in [2.24, 2.45) is 11.8 Å². The van der Waals surface area contributed by atoms with Crippen LogP contribution in [0.2, 0.25) is 0 Å². The third kappa shape index (κ3) is 2.37. The molecular formula is C16H18N2O. The fraction of sp³-hybridized carbons (Fsp3) is 0.438. The van der Waals surface area contributed by atoms with Gasteiger partial charge >= 0.3 is 0 Å². The lowest BCUT2D eigenvalue weighted by molar-refractivity contribution is 0.0877. The number of aromatic nitrogens is 2. The Hall–Kier alpha value is -1.77. The van der Waals surface area contributed by atoms with Crippen LogP contribution in [0.15, 0.2) is 30.6 Å². The van der Waals surface area contributed by atoms with E-state index in [1.54, 1.807) is 12.4 Å². The minimum Gasteiger partial charge on any atom is -0.294 e. The van der Waals surface area contributed by atoms with Crippen molar-refractivity contribution in [3.05, 3.63) is 36.2 Å². The minimum absolute atomic E-state index is 0.170. The van der Waals surface area contributed by atoms with E-state index in [9.17, 15) is 4.79 Å². The Bertz CT molecular complexity index is 595. The van der Waals surface area contributed by atoms with Crippen LogP contribution in [0.3, 0.4) is 0 Å². The first kappa shape index (κ1) is 12.3. The van der Waals surface area contributed by atoms with Gasteiger partial charge in [-0.15, -0.1) is 0 Å². The smallest absolute Gasteiger partial charge is 0.168 e. The average Bonchev–Trinajstić information content (AvgIpc) is 2.47. The van der Waals surface area contributed by atoms with Gasteiger partial charge in [-0.2, -0.15) is 0 Å². The summed E-state index contributed by atoms with van der Waals surface area (Å²) in [6, 6.07) is 5.69. The summed E-state index contributed by atoms with van der Waals surface area (Å²) in [5, 5.41) is 0. The van der Waals surface area contributed by atoms with Gasteiger partial charge in [-0.05, 0) is 30.9 Å². The van der Waals surface area contributed by atoms with E-state index < -0.39 is 0 Å². The molecule has 0 saturated heterocycles. The fourth-order valence-corrected chi connectivity index (χ4v) is 2.93. The zero-order valence-electron chi connectivity index (χ0n) is 11.2. The maximum absolute atomic E-state index is 12.7. The van der Waals surface area contributed by atoms with Crippen LogP contribution in [0.1, 0.15) is 43.0 Å². The second kappa shape index (κ2) is 5.08. The van der Waals surface area contributed by atoms with E-state index in [1.807, 2.05) is 18.2 Å². The van der Waals surface area contributed by atoms with Crippen LogP contribution in [0.25, 0.3) is 11.0 Å². The molecule has 1 aliphatic carbocycles. The number of Topliss-reactive ketones (excluding diaryl/α,β-unsaturated/α-hetero) is 1. The molecule has 1 aliphatic rings. The molecule has 3 heteroatoms. The number of carbonyl (C=O) groups is 1. The highest BCUT2D eigenvalue weighted by atomic mass is 16.1. The molecule has 1 aromatic carbocycles. The van der Waals surface area contributed by atoms with Crippen molar-refractivity contribution < 1.29 is 4.79 Å². The average molecular weight is 254 g/mol. The lowest BCUT2D eigenvalue weighted by atomic mass is 9.79. The maximum Gasteiger partial charge on any atom is 0.168 e. The van der Waals surface area contributed by atoms with E-state index in [0.717, 1.165) is 48.2 Å². The summed E-state index contributed by atoms with van der Waals surface area (Å²) in [5.74, 6) is 1.18. The second-order valence-electron chi connectivity index (χ2n) is 5.55. The summed E-state index contributed by atoms with van der Waals surface area (Å²) in [6.45, 7) is 2.27. The Kier molecular flexibility index (Phi) is 3.28. The molecule has 0 radical (unpaired) electrons. The molecule has 0 N–H and O–H groups in total. The Labute approximate surface area is 113 Å². The molecular weight excluding hydrogens is 236 g/mol. The molecule has 3 rings (SSSR count). The monoisotopic (exact) mass is 254 g/mol. The first-order valence-electron chi connectivity index (χ1n) is 6.99. The van der Waals surface area contributed by atoms with Crippen LogP contribution in [-0.4, -0.2) is 15.8 Å². The van der Waals surface area contributed by atoms with Gasteiger partial charge in [0.25, 0.3) is 0 Å². The molecule has 0 unspecified atom stereocenters. The van der Waals surface area contributed by atoms with Crippen molar-refractivity contribution in [1.82, 2.24) is 9.97 Å². The van der Waals surface area contributed by atoms with Crippen molar-refractivity contribution in [2.75, 3.05) is 0 Å². The maximum atomic E-state index is 12.7. The molecule has 3 nitrogen and oxygen atoms in total. The number of ketones is 1. The largest absolute Gasteiger partial charge is 0.294 e. The number of para-hydroxylation sites is 1. The van der Waals surface area contributed by atoms with E-state index >= 15 is 0 Å².